The summed E-state index contributed by atoms with van der Waals surface area (Å²) < 4.78 is 21.5. The summed E-state index contributed by atoms with van der Waals surface area (Å²) in [5.41, 5.74) is 3.40. The van der Waals surface area contributed by atoms with Gasteiger partial charge in [0.25, 0.3) is 17.4 Å². The second-order valence-corrected chi connectivity index (χ2v) is 6.09. The van der Waals surface area contributed by atoms with Crippen LogP contribution in [0.2, 0.25) is 0 Å². The largest absolute Gasteiger partial charge is 0.484 e. The highest BCUT2D eigenvalue weighted by Gasteiger charge is 2.16. The third-order valence-electron chi connectivity index (χ3n) is 4.04. The molecule has 29 heavy (non-hydrogen) atoms. The molecule has 0 atom stereocenters. The number of hydrazine groups is 1. The van der Waals surface area contributed by atoms with E-state index in [4.69, 9.17) is 4.74 Å². The fourth-order valence-corrected chi connectivity index (χ4v) is 2.59. The van der Waals surface area contributed by atoms with Crippen LogP contribution in [-0.4, -0.2) is 37.1 Å². The first-order valence-corrected chi connectivity index (χ1v) is 8.35. The fraction of sp³-hybridized carbons (Fsp3) is 0.235. The number of carbonyl (C=O) groups is 2. The van der Waals surface area contributed by atoms with Crippen molar-refractivity contribution < 1.29 is 18.7 Å². The second-order valence-electron chi connectivity index (χ2n) is 6.09. The minimum Gasteiger partial charge on any atom is -0.484 e. The Balaban J connectivity index is 1.61. The number of aromatic nitrogens is 4. The Hall–Kier alpha value is -3.96. The first kappa shape index (κ1) is 19.8. The number of nitrogens with zero attached hydrogens (tertiary/aromatic N) is 4. The molecule has 1 aromatic carbocycles. The summed E-state index contributed by atoms with van der Waals surface area (Å²) in [5.74, 6) is -1.65. The molecule has 11 nitrogen and oxygen atoms in total. The van der Waals surface area contributed by atoms with Gasteiger partial charge < -0.3 is 9.30 Å². The molecular formula is C17H17FN6O5. The molecule has 0 fully saturated rings. The van der Waals surface area contributed by atoms with Crippen molar-refractivity contribution in [1.29, 1.82) is 0 Å². The quantitative estimate of drug-likeness (QED) is 0.514. The highest BCUT2D eigenvalue weighted by molar-refractivity contribution is 5.83. The molecule has 0 bridgehead atoms. The summed E-state index contributed by atoms with van der Waals surface area (Å²) in [4.78, 5) is 52.1. The van der Waals surface area contributed by atoms with E-state index in [-0.39, 0.29) is 23.5 Å². The molecule has 2 aromatic heterocycles. The number of benzene rings is 1. The maximum atomic E-state index is 13.0. The van der Waals surface area contributed by atoms with Gasteiger partial charge in [0.05, 0.1) is 6.33 Å². The van der Waals surface area contributed by atoms with E-state index in [9.17, 15) is 23.6 Å². The molecule has 0 aliphatic heterocycles. The summed E-state index contributed by atoms with van der Waals surface area (Å²) in [6.45, 7) is -0.768. The van der Waals surface area contributed by atoms with Gasteiger partial charge in [0.2, 0.25) is 0 Å². The molecule has 0 spiro atoms. The van der Waals surface area contributed by atoms with Crippen molar-refractivity contribution in [1.82, 2.24) is 29.5 Å². The standard InChI is InChI=1S/C17H17FN6O5/c1-22-15-14(16(27)23(2)17(22)28)24(9-19-15)7-12(25)20-21-13(26)8-29-11-5-3-4-10(18)6-11/h3-6,9H,7-8H2,1-2H3,(H,20,25)(H,21,26). The number of nitrogens with one attached hydrogen (secondary N) is 2. The first-order chi connectivity index (χ1) is 13.8. The van der Waals surface area contributed by atoms with Crippen LogP contribution in [0.4, 0.5) is 4.39 Å². The number of rotatable bonds is 5. The van der Waals surface area contributed by atoms with E-state index < -0.39 is 35.5 Å². The number of hydrogen-bond acceptors (Lipinski definition) is 6. The molecule has 0 aliphatic rings. The maximum Gasteiger partial charge on any atom is 0.332 e. The Labute approximate surface area is 162 Å². The lowest BCUT2D eigenvalue weighted by atomic mass is 10.3. The zero-order valence-corrected chi connectivity index (χ0v) is 15.5. The molecule has 2 amide bonds. The summed E-state index contributed by atoms with van der Waals surface area (Å²) in [6, 6.07) is 5.26. The lowest BCUT2D eigenvalue weighted by molar-refractivity contribution is -0.130. The van der Waals surface area contributed by atoms with Crippen molar-refractivity contribution in [3.8, 4) is 5.75 Å². The van der Waals surface area contributed by atoms with Gasteiger partial charge in [0.15, 0.2) is 17.8 Å². The van der Waals surface area contributed by atoms with Gasteiger partial charge in [-0.1, -0.05) is 6.07 Å². The minimum absolute atomic E-state index is 0.0746. The SMILES string of the molecule is Cn1c(=O)c2c(ncn2CC(=O)NNC(=O)COc2cccc(F)c2)n(C)c1=O. The van der Waals surface area contributed by atoms with Crippen molar-refractivity contribution in [3.63, 3.8) is 0 Å². The third kappa shape index (κ3) is 4.15. The number of carbonyl (C=O) groups excluding carboxylic acids is 2. The Morgan fingerprint density at radius 2 is 1.86 bits per heavy atom. The Kier molecular flexibility index (Phi) is 5.43. The number of fused-ring (bicyclic) bond motifs is 1. The van der Waals surface area contributed by atoms with Crippen molar-refractivity contribution in [2.24, 2.45) is 14.1 Å². The highest BCUT2D eigenvalue weighted by Crippen LogP contribution is 2.11. The first-order valence-electron chi connectivity index (χ1n) is 8.35. The number of ether oxygens (including phenoxy) is 1. The summed E-state index contributed by atoms with van der Waals surface area (Å²) in [6.07, 6.45) is 1.25. The van der Waals surface area contributed by atoms with E-state index in [1.807, 2.05) is 0 Å². The molecule has 0 aliphatic carbocycles. The van der Waals surface area contributed by atoms with Crippen LogP contribution in [0, 0.1) is 5.82 Å². The van der Waals surface area contributed by atoms with E-state index in [0.717, 1.165) is 10.6 Å². The number of aryl methyl sites for hydroxylation is 1. The van der Waals surface area contributed by atoms with Gasteiger partial charge >= 0.3 is 5.69 Å². The van der Waals surface area contributed by atoms with Crippen molar-refractivity contribution in [3.05, 3.63) is 57.2 Å². The van der Waals surface area contributed by atoms with Gasteiger partial charge in [-0.15, -0.1) is 0 Å². The van der Waals surface area contributed by atoms with Crippen LogP contribution in [0.1, 0.15) is 0 Å². The number of halogens is 1. The monoisotopic (exact) mass is 404 g/mol. The smallest absolute Gasteiger partial charge is 0.332 e. The van der Waals surface area contributed by atoms with Crippen LogP contribution in [0.15, 0.2) is 40.2 Å². The molecule has 0 radical (unpaired) electrons. The summed E-state index contributed by atoms with van der Waals surface area (Å²) in [7, 11) is 2.78. The second kappa shape index (κ2) is 7.96. The fourth-order valence-electron chi connectivity index (χ4n) is 2.59. The third-order valence-corrected chi connectivity index (χ3v) is 4.04. The van der Waals surface area contributed by atoms with Crippen LogP contribution in [0.25, 0.3) is 11.2 Å². The minimum atomic E-state index is -0.670. The molecule has 3 rings (SSSR count). The van der Waals surface area contributed by atoms with E-state index in [1.54, 1.807) is 0 Å². The molecule has 3 aromatic rings. The molecule has 152 valence electrons. The van der Waals surface area contributed by atoms with E-state index >= 15 is 0 Å². The lowest BCUT2D eigenvalue weighted by Gasteiger charge is -2.10. The van der Waals surface area contributed by atoms with Crippen LogP contribution in [0.5, 0.6) is 5.75 Å². The van der Waals surface area contributed by atoms with E-state index in [2.05, 4.69) is 15.8 Å². The van der Waals surface area contributed by atoms with Gasteiger partial charge in [-0.3, -0.25) is 34.4 Å². The number of hydrogen-bond donors (Lipinski definition) is 2. The van der Waals surface area contributed by atoms with Crippen molar-refractivity contribution >= 4 is 23.0 Å². The van der Waals surface area contributed by atoms with Crippen LogP contribution < -0.4 is 26.8 Å². The molecule has 0 saturated carbocycles. The average molecular weight is 404 g/mol. The zero-order chi connectivity index (χ0) is 21.1. The predicted molar refractivity (Wildman–Crippen MR) is 98.4 cm³/mol. The Morgan fingerprint density at radius 3 is 2.59 bits per heavy atom. The average Bonchev–Trinajstić information content (AvgIpc) is 3.11. The van der Waals surface area contributed by atoms with Gasteiger partial charge in [-0.25, -0.2) is 14.2 Å². The van der Waals surface area contributed by atoms with Gasteiger partial charge in [0.1, 0.15) is 18.1 Å². The zero-order valence-electron chi connectivity index (χ0n) is 15.5. The van der Waals surface area contributed by atoms with Crippen LogP contribution >= 0.6 is 0 Å². The van der Waals surface area contributed by atoms with Crippen LogP contribution in [0.3, 0.4) is 0 Å². The molecule has 2 heterocycles. The van der Waals surface area contributed by atoms with Crippen LogP contribution in [-0.2, 0) is 30.2 Å². The molecule has 0 saturated heterocycles. The molecule has 0 unspecified atom stereocenters. The molecule has 2 N–H and O–H groups in total. The van der Waals surface area contributed by atoms with E-state index in [1.165, 1.54) is 47.8 Å². The summed E-state index contributed by atoms with van der Waals surface area (Å²) >= 11 is 0. The number of amides is 2. The van der Waals surface area contributed by atoms with Gasteiger partial charge in [0, 0.05) is 20.2 Å². The lowest BCUT2D eigenvalue weighted by Crippen LogP contribution is -2.45. The maximum absolute atomic E-state index is 13.0. The molecule has 12 heteroatoms. The van der Waals surface area contributed by atoms with Crippen molar-refractivity contribution in [2.45, 2.75) is 6.54 Å². The molecular weight excluding hydrogens is 387 g/mol. The van der Waals surface area contributed by atoms with E-state index in [0.29, 0.717) is 0 Å². The highest BCUT2D eigenvalue weighted by atomic mass is 19.1. The summed E-state index contributed by atoms with van der Waals surface area (Å²) in [5, 5.41) is 0. The van der Waals surface area contributed by atoms with Crippen molar-refractivity contribution in [2.75, 3.05) is 6.61 Å². The number of imidazole rings is 1. The van der Waals surface area contributed by atoms with Gasteiger partial charge in [-0.2, -0.15) is 0 Å². The van der Waals surface area contributed by atoms with Gasteiger partial charge in [-0.05, 0) is 12.1 Å². The normalized spacial score (nSPS) is 10.7. The topological polar surface area (TPSA) is 129 Å². The Morgan fingerprint density at radius 1 is 1.14 bits per heavy atom. The Bertz CT molecular complexity index is 1210. The predicted octanol–water partition coefficient (Wildman–Crippen LogP) is -1.20.